The Balaban J connectivity index is 1.91. The lowest BCUT2D eigenvalue weighted by Crippen LogP contribution is -2.46. The Morgan fingerprint density at radius 3 is 1.54 bits per heavy atom. The summed E-state index contributed by atoms with van der Waals surface area (Å²) < 4.78 is 23.7. The summed E-state index contributed by atoms with van der Waals surface area (Å²) in [4.78, 5) is 12.8. The van der Waals surface area contributed by atoms with Gasteiger partial charge in [-0.25, -0.2) is 4.79 Å². The van der Waals surface area contributed by atoms with E-state index in [1.54, 1.807) is 0 Å². The molecule has 0 radical (unpaired) electrons. The maximum Gasteiger partial charge on any atom is 0.513 e. The number of carbonyl (C=O) groups excluding carboxylic acids is 1. The first kappa shape index (κ1) is 23.5. The Hall–Kier alpha value is -0.810. The monoisotopic (exact) mass is 398 g/mol. The van der Waals surface area contributed by atoms with Gasteiger partial charge in [0.05, 0.1) is 13.2 Å². The highest BCUT2D eigenvalue weighted by Gasteiger charge is 2.42. The lowest BCUT2D eigenvalue weighted by atomic mass is 9.98. The minimum atomic E-state index is -0.804. The molecular weight excluding hydrogens is 356 g/mol. The first-order valence-electron chi connectivity index (χ1n) is 11.8. The highest BCUT2D eigenvalue weighted by molar-refractivity contribution is 5.61. The molecular formula is C23H42O5. The third kappa shape index (κ3) is 7.90. The fourth-order valence-electron chi connectivity index (χ4n) is 4.28. The molecule has 0 aromatic heterocycles. The van der Waals surface area contributed by atoms with Crippen molar-refractivity contribution >= 4 is 6.16 Å². The van der Waals surface area contributed by atoms with Crippen molar-refractivity contribution < 1.29 is 23.7 Å². The molecule has 0 amide bonds. The summed E-state index contributed by atoms with van der Waals surface area (Å²) in [5.74, 6) is -1.61. The molecule has 0 aromatic carbocycles. The van der Waals surface area contributed by atoms with Gasteiger partial charge in [0, 0.05) is 25.7 Å². The van der Waals surface area contributed by atoms with Crippen LogP contribution in [0, 0.1) is 0 Å². The van der Waals surface area contributed by atoms with E-state index < -0.39 is 17.7 Å². The van der Waals surface area contributed by atoms with Crippen LogP contribution in [0.2, 0.25) is 0 Å². The number of carbonyl (C=O) groups is 1. The summed E-state index contributed by atoms with van der Waals surface area (Å²) in [6.45, 7) is 5.70. The highest BCUT2D eigenvalue weighted by atomic mass is 16.8. The van der Waals surface area contributed by atoms with Crippen molar-refractivity contribution in [2.45, 2.75) is 128 Å². The first-order chi connectivity index (χ1) is 13.6. The van der Waals surface area contributed by atoms with Gasteiger partial charge >= 0.3 is 6.16 Å². The van der Waals surface area contributed by atoms with Crippen LogP contribution in [0.3, 0.4) is 0 Å². The Kier molecular flexibility index (Phi) is 10.6. The number of hydrogen-bond donors (Lipinski definition) is 0. The van der Waals surface area contributed by atoms with Crippen molar-refractivity contribution in [3.8, 4) is 0 Å². The van der Waals surface area contributed by atoms with Crippen LogP contribution in [-0.2, 0) is 18.9 Å². The Morgan fingerprint density at radius 1 is 0.714 bits per heavy atom. The number of rotatable bonds is 12. The summed E-state index contributed by atoms with van der Waals surface area (Å²) in [5, 5.41) is 0. The fourth-order valence-corrected chi connectivity index (χ4v) is 4.28. The lowest BCUT2D eigenvalue weighted by Gasteiger charge is -2.39. The van der Waals surface area contributed by atoms with Gasteiger partial charge in [-0.2, -0.15) is 0 Å². The van der Waals surface area contributed by atoms with Crippen LogP contribution in [0.5, 0.6) is 0 Å². The molecule has 28 heavy (non-hydrogen) atoms. The van der Waals surface area contributed by atoms with E-state index in [-0.39, 0.29) is 0 Å². The minimum absolute atomic E-state index is 0.616. The van der Waals surface area contributed by atoms with Gasteiger partial charge in [0.15, 0.2) is 0 Å². The molecule has 5 heteroatoms. The Labute approximate surface area is 171 Å². The molecule has 2 fully saturated rings. The molecule has 5 nitrogen and oxygen atoms in total. The van der Waals surface area contributed by atoms with Crippen molar-refractivity contribution in [1.29, 1.82) is 0 Å². The third-order valence-electron chi connectivity index (χ3n) is 6.00. The fraction of sp³-hybridized carbons (Fsp3) is 0.957. The second kappa shape index (κ2) is 12.7. The molecule has 2 aliphatic heterocycles. The van der Waals surface area contributed by atoms with Crippen LogP contribution in [0.15, 0.2) is 0 Å². The van der Waals surface area contributed by atoms with E-state index in [2.05, 4.69) is 13.8 Å². The predicted molar refractivity (Wildman–Crippen MR) is 110 cm³/mol. The number of unbranched alkanes of at least 4 members (excludes halogenated alkanes) is 6. The van der Waals surface area contributed by atoms with Crippen molar-refractivity contribution in [2.75, 3.05) is 13.2 Å². The molecule has 0 bridgehead atoms. The summed E-state index contributed by atoms with van der Waals surface area (Å²) in [6, 6.07) is 0. The Morgan fingerprint density at radius 2 is 1.18 bits per heavy atom. The molecule has 2 aliphatic rings. The zero-order chi connectivity index (χ0) is 20.1. The third-order valence-corrected chi connectivity index (χ3v) is 6.00. The van der Waals surface area contributed by atoms with Crippen LogP contribution in [-0.4, -0.2) is 30.9 Å². The highest BCUT2D eigenvalue weighted by Crippen LogP contribution is 2.36. The number of ether oxygens (including phenoxy) is 4. The molecule has 0 spiro atoms. The van der Waals surface area contributed by atoms with E-state index in [1.165, 1.54) is 25.7 Å². The molecule has 0 aromatic rings. The number of hydrogen-bond acceptors (Lipinski definition) is 5. The van der Waals surface area contributed by atoms with Gasteiger partial charge in [-0.1, -0.05) is 52.4 Å². The van der Waals surface area contributed by atoms with Gasteiger partial charge < -0.3 is 18.9 Å². The van der Waals surface area contributed by atoms with Crippen molar-refractivity contribution in [3.63, 3.8) is 0 Å². The van der Waals surface area contributed by atoms with Crippen LogP contribution in [0.1, 0.15) is 117 Å². The SMILES string of the molecule is CCCCCCC1(OC(=O)OC2(CCCCCC)CCCCO2)CCCCO1. The molecule has 0 N–H and O–H groups in total. The molecule has 2 rings (SSSR count). The molecule has 2 atom stereocenters. The van der Waals surface area contributed by atoms with Gasteiger partial charge in [-0.05, 0) is 38.5 Å². The van der Waals surface area contributed by atoms with E-state index in [0.29, 0.717) is 13.2 Å². The standard InChI is InChI=1S/C23H42O5/c1-3-5-7-9-15-22(17-11-13-19-25-22)27-21(24)28-23(16-10-8-6-4-2)18-12-14-20-26-23/h3-20H2,1-2H3. The van der Waals surface area contributed by atoms with Crippen LogP contribution >= 0.6 is 0 Å². The summed E-state index contributed by atoms with van der Waals surface area (Å²) in [6.07, 6.45) is 15.6. The van der Waals surface area contributed by atoms with Crippen molar-refractivity contribution in [1.82, 2.24) is 0 Å². The second-order valence-corrected chi connectivity index (χ2v) is 8.51. The minimum Gasteiger partial charge on any atom is -0.402 e. The molecule has 2 saturated heterocycles. The van der Waals surface area contributed by atoms with E-state index in [1.807, 2.05) is 0 Å². The normalized spacial score (nSPS) is 28.1. The summed E-state index contributed by atoms with van der Waals surface area (Å²) in [5.41, 5.74) is 0. The van der Waals surface area contributed by atoms with Gasteiger partial charge in [0.25, 0.3) is 0 Å². The molecule has 0 aliphatic carbocycles. The molecule has 164 valence electrons. The van der Waals surface area contributed by atoms with Crippen molar-refractivity contribution in [2.24, 2.45) is 0 Å². The summed E-state index contributed by atoms with van der Waals surface area (Å²) >= 11 is 0. The van der Waals surface area contributed by atoms with Gasteiger partial charge in [-0.3, -0.25) is 0 Å². The zero-order valence-electron chi connectivity index (χ0n) is 18.3. The quantitative estimate of drug-likeness (QED) is 0.265. The van der Waals surface area contributed by atoms with E-state index >= 15 is 0 Å². The average Bonchev–Trinajstić information content (AvgIpc) is 2.70. The van der Waals surface area contributed by atoms with Crippen LogP contribution < -0.4 is 0 Å². The average molecular weight is 399 g/mol. The first-order valence-corrected chi connectivity index (χ1v) is 11.8. The maximum absolute atomic E-state index is 12.8. The Bertz CT molecular complexity index is 387. The molecule has 2 unspecified atom stereocenters. The van der Waals surface area contributed by atoms with Crippen LogP contribution in [0.4, 0.5) is 4.79 Å². The van der Waals surface area contributed by atoms with Crippen LogP contribution in [0.25, 0.3) is 0 Å². The molecule has 2 heterocycles. The predicted octanol–water partition coefficient (Wildman–Crippen LogP) is 6.87. The van der Waals surface area contributed by atoms with Gasteiger partial charge in [0.2, 0.25) is 11.6 Å². The second-order valence-electron chi connectivity index (χ2n) is 8.51. The van der Waals surface area contributed by atoms with Gasteiger partial charge in [-0.15, -0.1) is 0 Å². The summed E-state index contributed by atoms with van der Waals surface area (Å²) in [7, 11) is 0. The topological polar surface area (TPSA) is 54.0 Å². The van der Waals surface area contributed by atoms with Gasteiger partial charge in [0.1, 0.15) is 0 Å². The molecule has 0 saturated carbocycles. The van der Waals surface area contributed by atoms with E-state index in [9.17, 15) is 4.79 Å². The van der Waals surface area contributed by atoms with E-state index in [0.717, 1.165) is 77.0 Å². The largest absolute Gasteiger partial charge is 0.513 e. The smallest absolute Gasteiger partial charge is 0.402 e. The van der Waals surface area contributed by atoms with E-state index in [4.69, 9.17) is 18.9 Å². The zero-order valence-corrected chi connectivity index (χ0v) is 18.3. The van der Waals surface area contributed by atoms with Crippen molar-refractivity contribution in [3.05, 3.63) is 0 Å². The maximum atomic E-state index is 12.8. The lowest BCUT2D eigenvalue weighted by molar-refractivity contribution is -0.275.